The molecule has 2 aromatic rings. The smallest absolute Gasteiger partial charge is 0.244 e. The van der Waals surface area contributed by atoms with Gasteiger partial charge in [0.05, 0.1) is 6.04 Å². The molecule has 2 rings (SSSR count). The van der Waals surface area contributed by atoms with Crippen LogP contribution in [0.25, 0.3) is 6.08 Å². The molecule has 0 spiro atoms. The van der Waals surface area contributed by atoms with Gasteiger partial charge in [-0.05, 0) is 43.5 Å². The fourth-order valence-electron chi connectivity index (χ4n) is 2.39. The van der Waals surface area contributed by atoms with Crippen molar-refractivity contribution in [1.29, 1.82) is 0 Å². The molecule has 2 heteroatoms. The first-order valence-corrected chi connectivity index (χ1v) is 7.17. The van der Waals surface area contributed by atoms with Gasteiger partial charge in [-0.3, -0.25) is 4.79 Å². The Morgan fingerprint density at radius 2 is 1.81 bits per heavy atom. The maximum Gasteiger partial charge on any atom is 0.244 e. The number of benzene rings is 2. The average molecular weight is 279 g/mol. The third-order valence-corrected chi connectivity index (χ3v) is 3.48. The van der Waals surface area contributed by atoms with Crippen molar-refractivity contribution in [1.82, 2.24) is 5.32 Å². The summed E-state index contributed by atoms with van der Waals surface area (Å²) in [5.41, 5.74) is 4.61. The van der Waals surface area contributed by atoms with Crippen molar-refractivity contribution in [3.8, 4) is 0 Å². The first kappa shape index (κ1) is 15.0. The van der Waals surface area contributed by atoms with Gasteiger partial charge in [0.25, 0.3) is 0 Å². The number of hydrogen-bond acceptors (Lipinski definition) is 1. The third-order valence-electron chi connectivity index (χ3n) is 3.48. The van der Waals surface area contributed by atoms with Crippen LogP contribution in [0, 0.1) is 13.8 Å². The summed E-state index contributed by atoms with van der Waals surface area (Å²) in [5, 5.41) is 3.00. The number of carbonyl (C=O) groups excluding carboxylic acids is 1. The molecule has 2 nitrogen and oxygen atoms in total. The Hall–Kier alpha value is -2.35. The lowest BCUT2D eigenvalue weighted by Gasteiger charge is -2.16. The zero-order valence-electron chi connectivity index (χ0n) is 12.8. The van der Waals surface area contributed by atoms with Crippen LogP contribution in [0.3, 0.4) is 0 Å². The molecule has 0 bridgehead atoms. The van der Waals surface area contributed by atoms with E-state index >= 15 is 0 Å². The Balaban J connectivity index is 2.00. The van der Waals surface area contributed by atoms with Crippen LogP contribution in [0.5, 0.6) is 0 Å². The number of aryl methyl sites for hydroxylation is 2. The molecule has 1 atom stereocenters. The third kappa shape index (κ3) is 4.32. The molecule has 1 unspecified atom stereocenters. The normalized spacial score (nSPS) is 12.3. The summed E-state index contributed by atoms with van der Waals surface area (Å²) in [7, 11) is 0. The lowest BCUT2D eigenvalue weighted by molar-refractivity contribution is -0.117. The lowest BCUT2D eigenvalue weighted by Crippen LogP contribution is -2.25. The summed E-state index contributed by atoms with van der Waals surface area (Å²) in [6.45, 7) is 6.15. The van der Waals surface area contributed by atoms with Crippen LogP contribution < -0.4 is 5.32 Å². The summed E-state index contributed by atoms with van der Waals surface area (Å²) in [5.74, 6) is -0.0775. The fraction of sp³-hybridized carbons (Fsp3) is 0.211. The zero-order chi connectivity index (χ0) is 15.2. The van der Waals surface area contributed by atoms with Gasteiger partial charge in [-0.2, -0.15) is 0 Å². The molecule has 0 saturated carbocycles. The van der Waals surface area contributed by atoms with Crippen molar-refractivity contribution in [2.75, 3.05) is 0 Å². The molecule has 0 fully saturated rings. The van der Waals surface area contributed by atoms with Gasteiger partial charge in [-0.1, -0.05) is 54.1 Å². The summed E-state index contributed by atoms with van der Waals surface area (Å²) in [6, 6.07) is 16.1. The van der Waals surface area contributed by atoms with E-state index in [1.165, 1.54) is 11.1 Å². The van der Waals surface area contributed by atoms with Gasteiger partial charge in [0.15, 0.2) is 0 Å². The van der Waals surface area contributed by atoms with E-state index in [9.17, 15) is 4.79 Å². The van der Waals surface area contributed by atoms with Crippen LogP contribution in [0.4, 0.5) is 0 Å². The Morgan fingerprint density at radius 1 is 1.10 bits per heavy atom. The number of carbonyl (C=O) groups is 1. The summed E-state index contributed by atoms with van der Waals surface area (Å²) < 4.78 is 0. The van der Waals surface area contributed by atoms with E-state index < -0.39 is 0 Å². The molecule has 21 heavy (non-hydrogen) atoms. The molecular formula is C19H21NO. The summed E-state index contributed by atoms with van der Waals surface area (Å²) in [4.78, 5) is 12.0. The van der Waals surface area contributed by atoms with Crippen LogP contribution >= 0.6 is 0 Å². The molecule has 0 saturated heterocycles. The molecule has 0 heterocycles. The summed E-state index contributed by atoms with van der Waals surface area (Å²) in [6.07, 6.45) is 3.40. The fourth-order valence-corrected chi connectivity index (χ4v) is 2.39. The van der Waals surface area contributed by atoms with Crippen LogP contribution in [0.15, 0.2) is 54.6 Å². The quantitative estimate of drug-likeness (QED) is 0.835. The molecule has 0 aliphatic carbocycles. The monoisotopic (exact) mass is 279 g/mol. The topological polar surface area (TPSA) is 29.1 Å². The zero-order valence-corrected chi connectivity index (χ0v) is 12.8. The highest BCUT2D eigenvalue weighted by Gasteiger charge is 2.09. The Kier molecular flexibility index (Phi) is 4.94. The average Bonchev–Trinajstić information content (AvgIpc) is 2.46. The predicted octanol–water partition coefficient (Wildman–Crippen LogP) is 4.19. The Bertz CT molecular complexity index is 644. The van der Waals surface area contributed by atoms with Gasteiger partial charge in [0.2, 0.25) is 5.91 Å². The maximum atomic E-state index is 12.0. The Morgan fingerprint density at radius 3 is 2.48 bits per heavy atom. The molecule has 108 valence electrons. The Labute approximate surface area is 126 Å². The van der Waals surface area contributed by atoms with Crippen molar-refractivity contribution < 1.29 is 4.79 Å². The van der Waals surface area contributed by atoms with E-state index in [0.717, 1.165) is 11.1 Å². The molecule has 1 amide bonds. The maximum absolute atomic E-state index is 12.0. The standard InChI is InChI=1S/C19H21NO/c1-14-9-11-18(15(2)13-14)16(3)20-19(21)12-10-17-7-5-4-6-8-17/h4-13,16H,1-3H3,(H,20,21). The number of amides is 1. The van der Waals surface area contributed by atoms with Crippen molar-refractivity contribution in [2.24, 2.45) is 0 Å². The van der Waals surface area contributed by atoms with Crippen LogP contribution in [0.1, 0.15) is 35.2 Å². The first-order chi connectivity index (χ1) is 10.1. The van der Waals surface area contributed by atoms with Crippen molar-refractivity contribution in [3.05, 3.63) is 76.9 Å². The first-order valence-electron chi connectivity index (χ1n) is 7.17. The largest absolute Gasteiger partial charge is 0.346 e. The molecule has 0 radical (unpaired) electrons. The molecular weight excluding hydrogens is 258 g/mol. The summed E-state index contributed by atoms with van der Waals surface area (Å²) >= 11 is 0. The minimum absolute atomic E-state index is 0.00137. The SMILES string of the molecule is Cc1ccc(C(C)NC(=O)C=Cc2ccccc2)c(C)c1. The molecule has 0 aromatic heterocycles. The van der Waals surface area contributed by atoms with Gasteiger partial charge in [0.1, 0.15) is 0 Å². The predicted molar refractivity (Wildman–Crippen MR) is 87.9 cm³/mol. The van der Waals surface area contributed by atoms with E-state index in [-0.39, 0.29) is 11.9 Å². The number of rotatable bonds is 4. The molecule has 0 aliphatic rings. The van der Waals surface area contributed by atoms with Crippen molar-refractivity contribution in [3.63, 3.8) is 0 Å². The van der Waals surface area contributed by atoms with E-state index in [0.29, 0.717) is 0 Å². The molecule has 2 aromatic carbocycles. The van der Waals surface area contributed by atoms with Crippen molar-refractivity contribution >= 4 is 12.0 Å². The number of hydrogen-bond donors (Lipinski definition) is 1. The van der Waals surface area contributed by atoms with Gasteiger partial charge < -0.3 is 5.32 Å². The highest BCUT2D eigenvalue weighted by molar-refractivity contribution is 5.91. The second-order valence-electron chi connectivity index (χ2n) is 5.33. The highest BCUT2D eigenvalue weighted by Crippen LogP contribution is 2.18. The van der Waals surface area contributed by atoms with Crippen LogP contribution in [-0.2, 0) is 4.79 Å². The molecule has 0 aliphatic heterocycles. The van der Waals surface area contributed by atoms with E-state index in [2.05, 4.69) is 37.4 Å². The van der Waals surface area contributed by atoms with Crippen LogP contribution in [0.2, 0.25) is 0 Å². The molecule has 1 N–H and O–H groups in total. The highest BCUT2D eigenvalue weighted by atomic mass is 16.1. The minimum Gasteiger partial charge on any atom is -0.346 e. The van der Waals surface area contributed by atoms with Crippen LogP contribution in [-0.4, -0.2) is 5.91 Å². The van der Waals surface area contributed by atoms with Gasteiger partial charge >= 0.3 is 0 Å². The van der Waals surface area contributed by atoms with E-state index in [1.807, 2.05) is 43.3 Å². The lowest BCUT2D eigenvalue weighted by atomic mass is 10.0. The van der Waals surface area contributed by atoms with Gasteiger partial charge in [-0.25, -0.2) is 0 Å². The second kappa shape index (κ2) is 6.89. The van der Waals surface area contributed by atoms with Gasteiger partial charge in [-0.15, -0.1) is 0 Å². The number of nitrogens with one attached hydrogen (secondary N) is 1. The van der Waals surface area contributed by atoms with E-state index in [4.69, 9.17) is 0 Å². The minimum atomic E-state index is -0.0775. The van der Waals surface area contributed by atoms with E-state index in [1.54, 1.807) is 6.08 Å². The second-order valence-corrected chi connectivity index (χ2v) is 5.33. The van der Waals surface area contributed by atoms with Crippen molar-refractivity contribution in [2.45, 2.75) is 26.8 Å². The van der Waals surface area contributed by atoms with Gasteiger partial charge in [0, 0.05) is 6.08 Å².